The van der Waals surface area contributed by atoms with Gasteiger partial charge in [0.05, 0.1) is 5.88 Å². The van der Waals surface area contributed by atoms with E-state index in [1.54, 1.807) is 0 Å². The van der Waals surface area contributed by atoms with Gasteiger partial charge >= 0.3 is 0 Å². The summed E-state index contributed by atoms with van der Waals surface area (Å²) in [6.07, 6.45) is 0.0663. The third-order valence-electron chi connectivity index (χ3n) is 2.09. The quantitative estimate of drug-likeness (QED) is 0.690. The lowest BCUT2D eigenvalue weighted by Gasteiger charge is -2.17. The summed E-state index contributed by atoms with van der Waals surface area (Å²) in [5.74, 6) is 1.95. The monoisotopic (exact) mass is 212 g/mol. The van der Waals surface area contributed by atoms with E-state index < -0.39 is 0 Å². The number of benzene rings is 1. The Bertz CT molecular complexity index is 283. The standard InChI is InChI=1S/C12H17ClO/c1-9(2)11-6-4-5-7-12(11)14-10(3)8-13/h4-7,9-10H,8H2,1-3H3. The molecule has 0 heterocycles. The number of alkyl halides is 1. The predicted molar refractivity (Wildman–Crippen MR) is 61.3 cm³/mol. The minimum absolute atomic E-state index is 0.0663. The van der Waals surface area contributed by atoms with Gasteiger partial charge in [0.25, 0.3) is 0 Å². The van der Waals surface area contributed by atoms with Gasteiger partial charge in [-0.05, 0) is 24.5 Å². The number of rotatable bonds is 4. The molecule has 0 fully saturated rings. The van der Waals surface area contributed by atoms with Gasteiger partial charge in [0.1, 0.15) is 11.9 Å². The first-order chi connectivity index (χ1) is 6.65. The summed E-state index contributed by atoms with van der Waals surface area (Å²) >= 11 is 5.71. The van der Waals surface area contributed by atoms with E-state index in [1.165, 1.54) is 5.56 Å². The smallest absolute Gasteiger partial charge is 0.123 e. The Morgan fingerprint density at radius 3 is 2.43 bits per heavy atom. The topological polar surface area (TPSA) is 9.23 Å². The van der Waals surface area contributed by atoms with Gasteiger partial charge in [-0.15, -0.1) is 11.6 Å². The first kappa shape index (κ1) is 11.4. The van der Waals surface area contributed by atoms with Crippen molar-refractivity contribution in [3.63, 3.8) is 0 Å². The first-order valence-corrected chi connectivity index (χ1v) is 5.50. The Morgan fingerprint density at radius 1 is 1.21 bits per heavy atom. The molecule has 1 atom stereocenters. The Hall–Kier alpha value is -0.690. The maximum absolute atomic E-state index is 5.72. The van der Waals surface area contributed by atoms with E-state index in [4.69, 9.17) is 16.3 Å². The van der Waals surface area contributed by atoms with Crippen molar-refractivity contribution in [2.45, 2.75) is 32.8 Å². The van der Waals surface area contributed by atoms with Crippen molar-refractivity contribution in [3.05, 3.63) is 29.8 Å². The number of ether oxygens (including phenoxy) is 1. The maximum Gasteiger partial charge on any atom is 0.123 e. The molecule has 78 valence electrons. The van der Waals surface area contributed by atoms with E-state index in [9.17, 15) is 0 Å². The lowest BCUT2D eigenvalue weighted by molar-refractivity contribution is 0.242. The van der Waals surface area contributed by atoms with E-state index >= 15 is 0 Å². The Balaban J connectivity index is 2.84. The minimum Gasteiger partial charge on any atom is -0.489 e. The zero-order chi connectivity index (χ0) is 10.6. The summed E-state index contributed by atoms with van der Waals surface area (Å²) in [6.45, 7) is 6.30. The molecule has 0 saturated heterocycles. The van der Waals surface area contributed by atoms with Crippen LogP contribution in [0.15, 0.2) is 24.3 Å². The largest absolute Gasteiger partial charge is 0.489 e. The van der Waals surface area contributed by atoms with Crippen LogP contribution in [0.2, 0.25) is 0 Å². The fraction of sp³-hybridized carbons (Fsp3) is 0.500. The van der Waals surface area contributed by atoms with E-state index in [0.717, 1.165) is 5.75 Å². The summed E-state index contributed by atoms with van der Waals surface area (Å²) < 4.78 is 5.72. The SMILES string of the molecule is CC(CCl)Oc1ccccc1C(C)C. The van der Waals surface area contributed by atoms with Crippen LogP contribution in [0.5, 0.6) is 5.75 Å². The summed E-state index contributed by atoms with van der Waals surface area (Å²) in [5, 5.41) is 0. The van der Waals surface area contributed by atoms with Crippen LogP contribution in [0, 0.1) is 0 Å². The van der Waals surface area contributed by atoms with Crippen molar-refractivity contribution in [1.82, 2.24) is 0 Å². The molecule has 0 bridgehead atoms. The van der Waals surface area contributed by atoms with Crippen molar-refractivity contribution in [1.29, 1.82) is 0 Å². The van der Waals surface area contributed by atoms with Crippen LogP contribution in [0.1, 0.15) is 32.3 Å². The molecule has 14 heavy (non-hydrogen) atoms. The van der Waals surface area contributed by atoms with Gasteiger partial charge in [-0.25, -0.2) is 0 Å². The molecular formula is C12H17ClO. The molecule has 0 spiro atoms. The van der Waals surface area contributed by atoms with E-state index in [0.29, 0.717) is 11.8 Å². The zero-order valence-electron chi connectivity index (χ0n) is 8.96. The number of halogens is 1. The highest BCUT2D eigenvalue weighted by Crippen LogP contribution is 2.26. The Morgan fingerprint density at radius 2 is 1.86 bits per heavy atom. The molecular weight excluding hydrogens is 196 g/mol. The van der Waals surface area contributed by atoms with Crippen LogP contribution in [-0.2, 0) is 0 Å². The molecule has 1 nitrogen and oxygen atoms in total. The highest BCUT2D eigenvalue weighted by molar-refractivity contribution is 6.18. The van der Waals surface area contributed by atoms with Crippen molar-refractivity contribution in [2.75, 3.05) is 5.88 Å². The Labute approximate surface area is 91.0 Å². The molecule has 1 unspecified atom stereocenters. The fourth-order valence-electron chi connectivity index (χ4n) is 1.31. The summed E-state index contributed by atoms with van der Waals surface area (Å²) in [7, 11) is 0. The average Bonchev–Trinajstić information content (AvgIpc) is 2.18. The second kappa shape index (κ2) is 5.26. The lowest BCUT2D eigenvalue weighted by Crippen LogP contribution is -2.14. The molecule has 0 amide bonds. The van der Waals surface area contributed by atoms with E-state index in [1.807, 2.05) is 25.1 Å². The molecule has 1 aromatic rings. The number of hydrogen-bond acceptors (Lipinski definition) is 1. The Kier molecular flexibility index (Phi) is 4.27. The van der Waals surface area contributed by atoms with Crippen molar-refractivity contribution in [3.8, 4) is 5.75 Å². The highest BCUT2D eigenvalue weighted by Gasteiger charge is 2.09. The first-order valence-electron chi connectivity index (χ1n) is 4.96. The van der Waals surface area contributed by atoms with Crippen LogP contribution < -0.4 is 4.74 Å². The van der Waals surface area contributed by atoms with Crippen molar-refractivity contribution < 1.29 is 4.74 Å². The van der Waals surface area contributed by atoms with Gasteiger partial charge in [0.2, 0.25) is 0 Å². The van der Waals surface area contributed by atoms with E-state index in [2.05, 4.69) is 19.9 Å². The van der Waals surface area contributed by atoms with Crippen molar-refractivity contribution in [2.24, 2.45) is 0 Å². The highest BCUT2D eigenvalue weighted by atomic mass is 35.5. The normalized spacial score (nSPS) is 12.9. The number of para-hydroxylation sites is 1. The molecule has 0 aromatic heterocycles. The van der Waals surface area contributed by atoms with Crippen molar-refractivity contribution >= 4 is 11.6 Å². The summed E-state index contributed by atoms with van der Waals surface area (Å²) in [5.41, 5.74) is 1.24. The van der Waals surface area contributed by atoms with Gasteiger partial charge in [0.15, 0.2) is 0 Å². The molecule has 0 aliphatic carbocycles. The van der Waals surface area contributed by atoms with Gasteiger partial charge in [-0.3, -0.25) is 0 Å². The predicted octanol–water partition coefficient (Wildman–Crippen LogP) is 3.82. The fourth-order valence-corrected chi connectivity index (χ4v) is 1.38. The van der Waals surface area contributed by atoms with Gasteiger partial charge in [-0.2, -0.15) is 0 Å². The van der Waals surface area contributed by atoms with Crippen LogP contribution in [0.3, 0.4) is 0 Å². The molecule has 2 heteroatoms. The minimum atomic E-state index is 0.0663. The number of hydrogen-bond donors (Lipinski definition) is 0. The molecule has 1 rings (SSSR count). The summed E-state index contributed by atoms with van der Waals surface area (Å²) in [4.78, 5) is 0. The third kappa shape index (κ3) is 2.91. The summed E-state index contributed by atoms with van der Waals surface area (Å²) in [6, 6.07) is 8.12. The van der Waals surface area contributed by atoms with Crippen LogP contribution in [0.4, 0.5) is 0 Å². The molecule has 1 aromatic carbocycles. The molecule has 0 saturated carbocycles. The van der Waals surface area contributed by atoms with Gasteiger partial charge < -0.3 is 4.74 Å². The molecule has 0 aliphatic rings. The van der Waals surface area contributed by atoms with Crippen LogP contribution in [-0.4, -0.2) is 12.0 Å². The van der Waals surface area contributed by atoms with Crippen LogP contribution in [0.25, 0.3) is 0 Å². The molecule has 0 radical (unpaired) electrons. The maximum atomic E-state index is 5.72. The zero-order valence-corrected chi connectivity index (χ0v) is 9.71. The second-order valence-corrected chi connectivity index (χ2v) is 4.08. The van der Waals surface area contributed by atoms with Gasteiger partial charge in [-0.1, -0.05) is 32.0 Å². The molecule has 0 aliphatic heterocycles. The molecule has 0 N–H and O–H groups in total. The van der Waals surface area contributed by atoms with E-state index in [-0.39, 0.29) is 6.10 Å². The van der Waals surface area contributed by atoms with Crippen LogP contribution >= 0.6 is 11.6 Å². The average molecular weight is 213 g/mol. The van der Waals surface area contributed by atoms with Gasteiger partial charge in [0, 0.05) is 0 Å². The lowest BCUT2D eigenvalue weighted by atomic mass is 10.0. The second-order valence-electron chi connectivity index (χ2n) is 3.78. The third-order valence-corrected chi connectivity index (χ3v) is 2.52.